The number of aromatic amines is 1. The van der Waals surface area contributed by atoms with Crippen LogP contribution in [0, 0.1) is 23.0 Å². The third-order valence-corrected chi connectivity index (χ3v) is 5.58. The fourth-order valence-electron chi connectivity index (χ4n) is 3.65. The van der Waals surface area contributed by atoms with Gasteiger partial charge in [-0.15, -0.1) is 0 Å². The number of benzene rings is 1. The van der Waals surface area contributed by atoms with E-state index in [9.17, 15) is 18.4 Å². The summed E-state index contributed by atoms with van der Waals surface area (Å²) in [5.41, 5.74) is 6.80. The molecule has 0 spiro atoms. The minimum atomic E-state index is -1.05. The van der Waals surface area contributed by atoms with E-state index >= 15 is 0 Å². The Hall–Kier alpha value is -3.64. The molecule has 158 valence electrons. The molecule has 1 aliphatic heterocycles. The maximum absolute atomic E-state index is 13.7. The van der Waals surface area contributed by atoms with Gasteiger partial charge in [0.2, 0.25) is 5.91 Å². The van der Waals surface area contributed by atoms with Crippen molar-refractivity contribution >= 4 is 16.8 Å². The van der Waals surface area contributed by atoms with Gasteiger partial charge < -0.3 is 15.5 Å². The van der Waals surface area contributed by atoms with Gasteiger partial charge in [-0.05, 0) is 37.1 Å². The Balaban J connectivity index is 0.000000166. The van der Waals surface area contributed by atoms with E-state index in [0.29, 0.717) is 25.0 Å². The van der Waals surface area contributed by atoms with Crippen LogP contribution in [0.5, 0.6) is 0 Å². The number of rotatable bonds is 2. The first kappa shape index (κ1) is 20.6. The Bertz CT molecular complexity index is 1290. The number of carbonyl (C=O) groups excluding carboxylic acids is 1. The van der Waals surface area contributed by atoms with Gasteiger partial charge in [-0.25, -0.2) is 8.78 Å². The molecule has 1 saturated carbocycles. The van der Waals surface area contributed by atoms with Crippen molar-refractivity contribution in [3.05, 3.63) is 74.8 Å². The number of pyridine rings is 2. The fraction of sp³-hybridized carbons (Fsp3) is 0.273. The van der Waals surface area contributed by atoms with Gasteiger partial charge in [0.1, 0.15) is 6.07 Å². The first-order valence-corrected chi connectivity index (χ1v) is 9.63. The minimum Gasteiger partial charge on any atom is -0.376 e. The Labute approximate surface area is 175 Å². The van der Waals surface area contributed by atoms with Gasteiger partial charge in [-0.1, -0.05) is 0 Å². The van der Waals surface area contributed by atoms with Crippen LogP contribution in [0.1, 0.15) is 35.2 Å². The van der Waals surface area contributed by atoms with Crippen LogP contribution in [0.25, 0.3) is 10.9 Å². The van der Waals surface area contributed by atoms with Crippen LogP contribution in [-0.2, 0) is 28.0 Å². The molecule has 31 heavy (non-hydrogen) atoms. The zero-order valence-corrected chi connectivity index (χ0v) is 16.4. The van der Waals surface area contributed by atoms with E-state index in [0.717, 1.165) is 30.4 Å². The Morgan fingerprint density at radius 3 is 2.74 bits per heavy atom. The predicted molar refractivity (Wildman–Crippen MR) is 107 cm³/mol. The number of carbonyl (C=O) groups is 1. The van der Waals surface area contributed by atoms with Gasteiger partial charge in [0, 0.05) is 34.8 Å². The standard InChI is InChI=1S/C13H10F2N2O2.C9H8N2O/c14-8-1-2-9-6(10(8)15)5-7(11(18)17-9)13(3-4-13)12(16)19;10-4-7-3-8-6-12-2-1-9(8)11-5-7/h1-2,5H,3-4H2,(H2,16,19)(H,17,18);3,5H,1-2,6H2. The van der Waals surface area contributed by atoms with Crippen molar-refractivity contribution < 1.29 is 18.3 Å². The van der Waals surface area contributed by atoms with Crippen molar-refractivity contribution in [3.63, 3.8) is 0 Å². The Morgan fingerprint density at radius 2 is 2.06 bits per heavy atom. The van der Waals surface area contributed by atoms with E-state index in [1.54, 1.807) is 6.20 Å². The van der Waals surface area contributed by atoms with E-state index in [1.165, 1.54) is 12.1 Å². The molecule has 1 aromatic carbocycles. The second-order valence-electron chi connectivity index (χ2n) is 7.53. The highest BCUT2D eigenvalue weighted by molar-refractivity contribution is 5.91. The lowest BCUT2D eigenvalue weighted by molar-refractivity contribution is -0.120. The van der Waals surface area contributed by atoms with Crippen molar-refractivity contribution in [3.8, 4) is 6.07 Å². The number of H-pyrrole nitrogens is 1. The van der Waals surface area contributed by atoms with Crippen LogP contribution < -0.4 is 11.3 Å². The zero-order chi connectivity index (χ0) is 22.2. The van der Waals surface area contributed by atoms with E-state index < -0.39 is 28.5 Å². The number of nitrogens with one attached hydrogen (secondary N) is 1. The average Bonchev–Trinajstić information content (AvgIpc) is 3.58. The van der Waals surface area contributed by atoms with Crippen LogP contribution in [-0.4, -0.2) is 22.5 Å². The molecule has 5 rings (SSSR count). The molecule has 1 fully saturated rings. The van der Waals surface area contributed by atoms with Gasteiger partial charge in [-0.2, -0.15) is 5.26 Å². The number of fused-ring (bicyclic) bond motifs is 2. The van der Waals surface area contributed by atoms with Crippen LogP contribution in [0.2, 0.25) is 0 Å². The molecule has 2 aromatic heterocycles. The van der Waals surface area contributed by atoms with Crippen LogP contribution >= 0.6 is 0 Å². The SMILES string of the molecule is N#Cc1cnc2c(c1)COCC2.NC(=O)C1(c2cc3c(F)c(F)ccc3[nH]c2=O)CC1. The largest absolute Gasteiger partial charge is 0.376 e. The zero-order valence-electron chi connectivity index (χ0n) is 16.4. The first-order valence-electron chi connectivity index (χ1n) is 9.63. The van der Waals surface area contributed by atoms with E-state index in [-0.39, 0.29) is 16.5 Å². The molecule has 9 heteroatoms. The van der Waals surface area contributed by atoms with Gasteiger partial charge in [0.25, 0.3) is 5.56 Å². The van der Waals surface area contributed by atoms with Crippen molar-refractivity contribution in [1.82, 2.24) is 9.97 Å². The monoisotopic (exact) mass is 424 g/mol. The van der Waals surface area contributed by atoms with Crippen molar-refractivity contribution in [2.24, 2.45) is 5.73 Å². The summed E-state index contributed by atoms with van der Waals surface area (Å²) in [4.78, 5) is 30.0. The number of aromatic nitrogens is 2. The lowest BCUT2D eigenvalue weighted by Crippen LogP contribution is -2.33. The maximum Gasteiger partial charge on any atom is 0.252 e. The van der Waals surface area contributed by atoms with Crippen molar-refractivity contribution in [2.45, 2.75) is 31.3 Å². The van der Waals surface area contributed by atoms with E-state index in [2.05, 4.69) is 16.0 Å². The number of ether oxygens (including phenoxy) is 1. The summed E-state index contributed by atoms with van der Waals surface area (Å²) in [6.07, 6.45) is 3.38. The minimum absolute atomic E-state index is 0.0536. The summed E-state index contributed by atoms with van der Waals surface area (Å²) < 4.78 is 32.1. The summed E-state index contributed by atoms with van der Waals surface area (Å²) in [5.74, 6) is -2.67. The first-order chi connectivity index (χ1) is 14.9. The Morgan fingerprint density at radius 1 is 1.29 bits per heavy atom. The van der Waals surface area contributed by atoms with Crippen molar-refractivity contribution in [1.29, 1.82) is 5.26 Å². The van der Waals surface area contributed by atoms with Gasteiger partial charge in [0.15, 0.2) is 11.6 Å². The maximum atomic E-state index is 13.7. The van der Waals surface area contributed by atoms with Gasteiger partial charge >= 0.3 is 0 Å². The molecule has 0 bridgehead atoms. The van der Waals surface area contributed by atoms with Gasteiger partial charge in [-0.3, -0.25) is 14.6 Å². The highest BCUT2D eigenvalue weighted by atomic mass is 19.2. The summed E-state index contributed by atoms with van der Waals surface area (Å²) in [7, 11) is 0. The third-order valence-electron chi connectivity index (χ3n) is 5.58. The lowest BCUT2D eigenvalue weighted by atomic mass is 9.95. The smallest absolute Gasteiger partial charge is 0.252 e. The van der Waals surface area contributed by atoms with Crippen molar-refractivity contribution in [2.75, 3.05) is 6.61 Å². The summed E-state index contributed by atoms with van der Waals surface area (Å²) >= 11 is 0. The summed E-state index contributed by atoms with van der Waals surface area (Å²) in [6.45, 7) is 1.34. The molecule has 0 radical (unpaired) electrons. The number of nitriles is 1. The number of primary amides is 1. The number of nitrogens with zero attached hydrogens (tertiary/aromatic N) is 2. The lowest BCUT2D eigenvalue weighted by Gasteiger charge is -2.14. The predicted octanol–water partition coefficient (Wildman–Crippen LogP) is 2.35. The quantitative estimate of drug-likeness (QED) is 0.654. The summed E-state index contributed by atoms with van der Waals surface area (Å²) in [5, 5.41) is 8.55. The number of nitrogens with two attached hydrogens (primary N) is 1. The van der Waals surface area contributed by atoms with E-state index in [1.807, 2.05) is 6.07 Å². The van der Waals surface area contributed by atoms with Crippen LogP contribution in [0.15, 0.2) is 35.3 Å². The molecule has 3 heterocycles. The van der Waals surface area contributed by atoms with Crippen LogP contribution in [0.4, 0.5) is 8.78 Å². The molecule has 1 aliphatic carbocycles. The van der Waals surface area contributed by atoms with Gasteiger partial charge in [0.05, 0.1) is 29.7 Å². The average molecular weight is 424 g/mol. The molecule has 3 N–H and O–H groups in total. The molecule has 0 saturated heterocycles. The molecule has 2 aliphatic rings. The molecule has 0 unspecified atom stereocenters. The molecular weight excluding hydrogens is 406 g/mol. The topological polar surface area (TPSA) is 122 Å². The number of halogens is 2. The normalized spacial score (nSPS) is 15.9. The molecule has 1 amide bonds. The number of hydrogen-bond donors (Lipinski definition) is 2. The molecular formula is C22H18F2N4O3. The highest BCUT2D eigenvalue weighted by Gasteiger charge is 2.51. The fourth-order valence-corrected chi connectivity index (χ4v) is 3.65. The Kier molecular flexibility index (Phi) is 5.25. The highest BCUT2D eigenvalue weighted by Crippen LogP contribution is 2.47. The van der Waals surface area contributed by atoms with E-state index in [4.69, 9.17) is 15.7 Å². The molecule has 3 aromatic rings. The number of hydrogen-bond acceptors (Lipinski definition) is 5. The number of amides is 1. The second kappa shape index (κ2) is 7.89. The summed E-state index contributed by atoms with van der Waals surface area (Å²) in [6, 6.07) is 7.35. The second-order valence-corrected chi connectivity index (χ2v) is 7.53. The third kappa shape index (κ3) is 3.78. The molecule has 7 nitrogen and oxygen atoms in total. The molecule has 0 atom stereocenters. The van der Waals surface area contributed by atoms with Crippen LogP contribution in [0.3, 0.4) is 0 Å².